The van der Waals surface area contributed by atoms with E-state index < -0.39 is 12.0 Å². The molecule has 1 aliphatic heterocycles. The maximum atomic E-state index is 10.8. The van der Waals surface area contributed by atoms with Gasteiger partial charge in [0.25, 0.3) is 0 Å². The number of carbonyl (C=O) groups is 1. The van der Waals surface area contributed by atoms with Gasteiger partial charge in [-0.1, -0.05) is 11.2 Å². The molecule has 1 aromatic carbocycles. The molecule has 0 spiro atoms. The second kappa shape index (κ2) is 4.63. The van der Waals surface area contributed by atoms with Crippen LogP contribution in [0.25, 0.3) is 10.4 Å². The van der Waals surface area contributed by atoms with E-state index in [4.69, 9.17) is 20.1 Å². The Morgan fingerprint density at radius 2 is 2.29 bits per heavy atom. The summed E-state index contributed by atoms with van der Waals surface area (Å²) in [4.78, 5) is 13.3. The van der Waals surface area contributed by atoms with Crippen LogP contribution in [0.4, 0.5) is 0 Å². The maximum Gasteiger partial charge on any atom is 0.312 e. The molecule has 7 nitrogen and oxygen atoms in total. The van der Waals surface area contributed by atoms with E-state index in [9.17, 15) is 4.79 Å². The average molecular weight is 235 g/mol. The van der Waals surface area contributed by atoms with E-state index >= 15 is 0 Å². The molecule has 17 heavy (non-hydrogen) atoms. The number of ether oxygens (including phenoxy) is 2. The molecular weight excluding hydrogens is 226 g/mol. The minimum atomic E-state index is -1.15. The zero-order valence-electron chi connectivity index (χ0n) is 8.74. The van der Waals surface area contributed by atoms with E-state index in [1.54, 1.807) is 18.2 Å². The number of rotatable bonds is 4. The third kappa shape index (κ3) is 2.40. The minimum absolute atomic E-state index is 0.121. The number of fused-ring (bicyclic) bond motifs is 1. The van der Waals surface area contributed by atoms with Crippen LogP contribution in [0.3, 0.4) is 0 Å². The van der Waals surface area contributed by atoms with Gasteiger partial charge in [-0.3, -0.25) is 4.79 Å². The molecule has 0 aliphatic carbocycles. The number of benzene rings is 1. The highest BCUT2D eigenvalue weighted by Gasteiger charge is 2.19. The van der Waals surface area contributed by atoms with Crippen molar-refractivity contribution < 1.29 is 19.4 Å². The van der Waals surface area contributed by atoms with Gasteiger partial charge < -0.3 is 14.6 Å². The highest BCUT2D eigenvalue weighted by Crippen LogP contribution is 2.32. The van der Waals surface area contributed by atoms with Crippen LogP contribution in [0, 0.1) is 0 Å². The molecule has 88 valence electrons. The van der Waals surface area contributed by atoms with E-state index in [2.05, 4.69) is 10.0 Å². The van der Waals surface area contributed by atoms with E-state index in [1.807, 2.05) is 0 Å². The number of aliphatic carboxylic acids is 1. The number of hydrogen-bond acceptors (Lipinski definition) is 4. The summed E-state index contributed by atoms with van der Waals surface area (Å²) in [7, 11) is 0. The van der Waals surface area contributed by atoms with Gasteiger partial charge in [0.1, 0.15) is 6.04 Å². The Morgan fingerprint density at radius 3 is 3.00 bits per heavy atom. The quantitative estimate of drug-likeness (QED) is 0.487. The molecule has 0 bridgehead atoms. The minimum Gasteiger partial charge on any atom is -0.481 e. The fraction of sp³-hybridized carbons (Fsp3) is 0.300. The lowest BCUT2D eigenvalue weighted by atomic mass is 10.1. The van der Waals surface area contributed by atoms with Gasteiger partial charge in [0.15, 0.2) is 11.5 Å². The van der Waals surface area contributed by atoms with Gasteiger partial charge >= 0.3 is 5.97 Å². The summed E-state index contributed by atoms with van der Waals surface area (Å²) >= 11 is 0. The first-order valence-corrected chi connectivity index (χ1v) is 4.86. The van der Waals surface area contributed by atoms with Crippen LogP contribution in [-0.4, -0.2) is 23.9 Å². The number of carboxylic acids is 1. The SMILES string of the molecule is [N-]=[N+]=N[C@@H](Cc1ccc2c(c1)OCO2)C(=O)O. The van der Waals surface area contributed by atoms with Crippen molar-refractivity contribution in [2.45, 2.75) is 12.5 Å². The number of nitrogens with zero attached hydrogens (tertiary/aromatic N) is 3. The molecule has 1 N–H and O–H groups in total. The van der Waals surface area contributed by atoms with E-state index in [0.29, 0.717) is 17.1 Å². The number of hydrogen-bond donors (Lipinski definition) is 1. The van der Waals surface area contributed by atoms with Gasteiger partial charge in [0.05, 0.1) is 0 Å². The Hall–Kier alpha value is -2.40. The zero-order chi connectivity index (χ0) is 12.3. The van der Waals surface area contributed by atoms with Crippen molar-refractivity contribution in [2.75, 3.05) is 6.79 Å². The molecular formula is C10H9N3O4. The van der Waals surface area contributed by atoms with Gasteiger partial charge in [-0.15, -0.1) is 0 Å². The van der Waals surface area contributed by atoms with Gasteiger partial charge in [-0.2, -0.15) is 0 Å². The van der Waals surface area contributed by atoms with E-state index in [0.717, 1.165) is 0 Å². The molecule has 1 aromatic rings. The van der Waals surface area contributed by atoms with Crippen LogP contribution >= 0.6 is 0 Å². The Morgan fingerprint density at radius 1 is 1.53 bits per heavy atom. The summed E-state index contributed by atoms with van der Waals surface area (Å²) in [6.45, 7) is 0.164. The first-order valence-electron chi connectivity index (χ1n) is 4.86. The van der Waals surface area contributed by atoms with Crippen molar-refractivity contribution >= 4 is 5.97 Å². The number of azide groups is 1. The highest BCUT2D eigenvalue weighted by molar-refractivity contribution is 5.74. The molecule has 0 unspecified atom stereocenters. The fourth-order valence-electron chi connectivity index (χ4n) is 1.53. The molecule has 1 heterocycles. The predicted octanol–water partition coefficient (Wildman–Crippen LogP) is 1.72. The van der Waals surface area contributed by atoms with Gasteiger partial charge in [0, 0.05) is 4.91 Å². The molecule has 0 saturated heterocycles. The molecule has 0 amide bonds. The first-order chi connectivity index (χ1) is 8.20. The summed E-state index contributed by atoms with van der Waals surface area (Å²) in [5.41, 5.74) is 8.99. The van der Waals surface area contributed by atoms with Crippen LogP contribution in [0.2, 0.25) is 0 Å². The van der Waals surface area contributed by atoms with Crippen molar-refractivity contribution in [1.82, 2.24) is 0 Å². The van der Waals surface area contributed by atoms with Crippen molar-refractivity contribution in [3.63, 3.8) is 0 Å². The summed E-state index contributed by atoms with van der Waals surface area (Å²) in [6, 6.07) is 3.99. The fourth-order valence-corrected chi connectivity index (χ4v) is 1.53. The second-order valence-corrected chi connectivity index (χ2v) is 3.45. The van der Waals surface area contributed by atoms with Crippen molar-refractivity contribution in [2.24, 2.45) is 5.11 Å². The highest BCUT2D eigenvalue weighted by atomic mass is 16.7. The van der Waals surface area contributed by atoms with E-state index in [1.165, 1.54) is 0 Å². The third-order valence-corrected chi connectivity index (χ3v) is 2.34. The van der Waals surface area contributed by atoms with Crippen LogP contribution < -0.4 is 9.47 Å². The lowest BCUT2D eigenvalue weighted by Gasteiger charge is -2.06. The largest absolute Gasteiger partial charge is 0.481 e. The van der Waals surface area contributed by atoms with Gasteiger partial charge in [-0.25, -0.2) is 0 Å². The predicted molar refractivity (Wildman–Crippen MR) is 56.8 cm³/mol. The Kier molecular flexibility index (Phi) is 3.02. The Bertz CT molecular complexity index is 494. The molecule has 0 aromatic heterocycles. The smallest absolute Gasteiger partial charge is 0.312 e. The summed E-state index contributed by atoms with van der Waals surface area (Å²) in [5.74, 6) is 0.0532. The maximum absolute atomic E-state index is 10.8. The third-order valence-electron chi connectivity index (χ3n) is 2.34. The molecule has 1 aliphatic rings. The van der Waals surface area contributed by atoms with Crippen molar-refractivity contribution in [1.29, 1.82) is 0 Å². The van der Waals surface area contributed by atoms with Crippen LogP contribution in [0.5, 0.6) is 11.5 Å². The van der Waals surface area contributed by atoms with Crippen LogP contribution in [0.1, 0.15) is 5.56 Å². The summed E-state index contributed by atoms with van der Waals surface area (Å²) < 4.78 is 10.3. The lowest BCUT2D eigenvalue weighted by Crippen LogP contribution is -2.19. The monoisotopic (exact) mass is 235 g/mol. The van der Waals surface area contributed by atoms with E-state index in [-0.39, 0.29) is 13.2 Å². The molecule has 2 rings (SSSR count). The molecule has 7 heteroatoms. The Balaban J connectivity index is 2.17. The Labute approximate surface area is 96.2 Å². The molecule has 0 saturated carbocycles. The first kappa shape index (κ1) is 11.1. The molecule has 0 radical (unpaired) electrons. The van der Waals surface area contributed by atoms with Gasteiger partial charge in [-0.05, 0) is 29.6 Å². The molecule has 0 fully saturated rings. The summed E-state index contributed by atoms with van der Waals surface area (Å²) in [6.07, 6.45) is 0.121. The summed E-state index contributed by atoms with van der Waals surface area (Å²) in [5, 5.41) is 12.1. The second-order valence-electron chi connectivity index (χ2n) is 3.45. The lowest BCUT2D eigenvalue weighted by molar-refractivity contribution is -0.138. The van der Waals surface area contributed by atoms with Crippen LogP contribution in [-0.2, 0) is 11.2 Å². The normalized spacial score (nSPS) is 13.9. The van der Waals surface area contributed by atoms with Gasteiger partial charge in [0.2, 0.25) is 6.79 Å². The standard InChI is InChI=1S/C10H9N3O4/c11-13-12-7(10(14)15)3-6-1-2-8-9(4-6)17-5-16-8/h1-2,4,7H,3,5H2,(H,14,15)/t7-/m0/s1. The van der Waals surface area contributed by atoms with Crippen molar-refractivity contribution in [3.05, 3.63) is 34.2 Å². The topological polar surface area (TPSA) is 105 Å². The van der Waals surface area contributed by atoms with Crippen molar-refractivity contribution in [3.8, 4) is 11.5 Å². The average Bonchev–Trinajstić information content (AvgIpc) is 2.75. The zero-order valence-corrected chi connectivity index (χ0v) is 8.74. The number of carboxylic acid groups (broad SMARTS) is 1. The molecule has 1 atom stereocenters. The van der Waals surface area contributed by atoms with Crippen LogP contribution in [0.15, 0.2) is 23.3 Å².